The summed E-state index contributed by atoms with van der Waals surface area (Å²) in [5.74, 6) is 4.50. The molecule has 0 unspecified atom stereocenters. The lowest BCUT2D eigenvalue weighted by atomic mass is 9.81. The highest BCUT2D eigenvalue weighted by molar-refractivity contribution is 5.38. The summed E-state index contributed by atoms with van der Waals surface area (Å²) in [4.78, 5) is 12.6. The minimum absolute atomic E-state index is 0.140. The van der Waals surface area contributed by atoms with E-state index in [4.69, 9.17) is 0 Å². The molecule has 0 aliphatic heterocycles. The first-order valence-electron chi connectivity index (χ1n) is 38.8. The molecular weight excluding hydrogens is 1260 g/mol. The van der Waals surface area contributed by atoms with Crippen LogP contribution in [0, 0.1) is 0 Å². The Morgan fingerprint density at radius 2 is 0.650 bits per heavy atom. The Kier molecular flexibility index (Phi) is 36.5. The molecule has 576 valence electrons. The quantitative estimate of drug-likeness (QED) is 0.163. The van der Waals surface area contributed by atoms with Gasteiger partial charge >= 0.3 is 0 Å². The second-order valence-corrected chi connectivity index (χ2v) is 39.2. The molecule has 1 N–H and O–H groups in total. The summed E-state index contributed by atoms with van der Waals surface area (Å²) in [5, 5.41) is 16.0. The van der Waals surface area contributed by atoms with Crippen LogP contribution in [0.25, 0.3) is 0 Å². The average molecular weight is 1410 g/mol. The second kappa shape index (κ2) is 39.8. The third-order valence-corrected chi connectivity index (χ3v) is 18.2. The lowest BCUT2D eigenvalue weighted by Crippen LogP contribution is -2.16. The van der Waals surface area contributed by atoms with Gasteiger partial charge in [0.1, 0.15) is 6.33 Å². The van der Waals surface area contributed by atoms with Crippen LogP contribution in [-0.2, 0) is 57.4 Å². The monoisotopic (exact) mass is 1410 g/mol. The van der Waals surface area contributed by atoms with E-state index in [-0.39, 0.29) is 43.3 Å². The van der Waals surface area contributed by atoms with Crippen LogP contribution in [0.3, 0.4) is 0 Å². The fourth-order valence-electron chi connectivity index (χ4n) is 12.5. The summed E-state index contributed by atoms with van der Waals surface area (Å²) < 4.78 is 3.90. The van der Waals surface area contributed by atoms with Gasteiger partial charge in [0.15, 0.2) is 0 Å². The Labute approximate surface area is 634 Å². The number of nitrogens with one attached hydrogen (secondary N) is 1. The van der Waals surface area contributed by atoms with Gasteiger partial charge in [-0.1, -0.05) is 350 Å². The molecule has 8 aromatic rings. The summed E-state index contributed by atoms with van der Waals surface area (Å²) in [5.41, 5.74) is 23.7. The Hall–Kier alpha value is -6.48. The zero-order valence-corrected chi connectivity index (χ0v) is 74.2. The zero-order valence-electron chi connectivity index (χ0n) is 74.2. The molecule has 0 saturated heterocycles. The highest BCUT2D eigenvalue weighted by Gasteiger charge is 2.27. The van der Waals surface area contributed by atoms with E-state index in [2.05, 4.69) is 397 Å². The second-order valence-electron chi connectivity index (χ2n) is 39.2. The van der Waals surface area contributed by atoms with Crippen molar-refractivity contribution in [3.63, 3.8) is 0 Å². The minimum Gasteiger partial charge on any atom is -0.282 e. The van der Waals surface area contributed by atoms with Gasteiger partial charge in [-0.05, 0) is 163 Å². The van der Waals surface area contributed by atoms with Crippen molar-refractivity contribution < 1.29 is 0 Å². The van der Waals surface area contributed by atoms with Gasteiger partial charge in [-0.15, -0.1) is 0 Å². The fraction of sp³-hybridized carbons (Fsp3) is 0.617. The van der Waals surface area contributed by atoms with Gasteiger partial charge in [0, 0.05) is 56.0 Å². The molecule has 0 radical (unpaired) electrons. The molecule has 3 aromatic carbocycles. The summed E-state index contributed by atoms with van der Waals surface area (Å²) in [7, 11) is 4.01. The molecule has 103 heavy (non-hydrogen) atoms. The molecule has 0 aliphatic rings. The van der Waals surface area contributed by atoms with Gasteiger partial charge in [0.05, 0.1) is 18.1 Å². The van der Waals surface area contributed by atoms with Crippen molar-refractivity contribution >= 4 is 0 Å². The van der Waals surface area contributed by atoms with Crippen LogP contribution in [-0.4, -0.2) is 44.7 Å². The van der Waals surface area contributed by atoms with Crippen LogP contribution in [0.15, 0.2) is 122 Å². The van der Waals surface area contributed by atoms with Gasteiger partial charge in [-0.2, -0.15) is 15.3 Å². The predicted octanol–water partition coefficient (Wildman–Crippen LogP) is 27.2. The maximum atomic E-state index is 4.49. The van der Waals surface area contributed by atoms with Crippen molar-refractivity contribution in [2.24, 2.45) is 14.1 Å². The fourth-order valence-corrected chi connectivity index (χ4v) is 12.5. The first-order chi connectivity index (χ1) is 46.7. The SMILES string of the molecule is CC(C)c1[nH]ncc1C(C)(C)C.CC(C)c1c(C(C)(C)C)cnn1C.CC(C)c1ccccc1C(C)(C)C.CC(C)c1ccccc1C(C)(C)C.CC(C)c1ccccc1C(C)(C)C.CC(C)c1ccncc1C(C)(C)C.CC(C)c1ncncc1C(C)(C)C.CC(C)c1nn(C)cc1C(C)(C)C. The number of H-pyrrole nitrogens is 1. The maximum absolute atomic E-state index is 4.49. The number of hydrogen-bond donors (Lipinski definition) is 1. The van der Waals surface area contributed by atoms with Gasteiger partial charge in [0.25, 0.3) is 0 Å². The number of nitrogens with zero attached hydrogens (tertiary/aromatic N) is 8. The number of pyridine rings is 1. The molecule has 0 saturated carbocycles. The van der Waals surface area contributed by atoms with Crippen molar-refractivity contribution in [2.45, 2.75) is 368 Å². The third-order valence-electron chi connectivity index (χ3n) is 18.2. The molecule has 0 atom stereocenters. The summed E-state index contributed by atoms with van der Waals surface area (Å²) in [6.07, 6.45) is 13.5. The molecule has 0 aliphatic carbocycles. The Morgan fingerprint density at radius 1 is 0.311 bits per heavy atom. The van der Waals surface area contributed by atoms with Gasteiger partial charge in [-0.3, -0.25) is 19.4 Å². The van der Waals surface area contributed by atoms with E-state index in [1.807, 2.05) is 54.4 Å². The van der Waals surface area contributed by atoms with Crippen LogP contribution in [0.1, 0.15) is 414 Å². The van der Waals surface area contributed by atoms with Crippen LogP contribution >= 0.6 is 0 Å². The normalized spacial score (nSPS) is 12.3. The van der Waals surface area contributed by atoms with Crippen LogP contribution in [0.4, 0.5) is 0 Å². The Morgan fingerprint density at radius 3 is 0.913 bits per heavy atom. The van der Waals surface area contributed by atoms with Crippen molar-refractivity contribution in [1.82, 2.24) is 44.7 Å². The summed E-state index contributed by atoms with van der Waals surface area (Å²) in [6.45, 7) is 89.2. The molecule has 5 heterocycles. The first-order valence-corrected chi connectivity index (χ1v) is 38.8. The average Bonchev–Trinajstić information content (AvgIpc) is 1.70. The lowest BCUT2D eigenvalue weighted by molar-refractivity contribution is 0.566. The topological polar surface area (TPSA) is 103 Å². The summed E-state index contributed by atoms with van der Waals surface area (Å²) in [6, 6.07) is 28.4. The number of rotatable bonds is 8. The molecule has 9 nitrogen and oxygen atoms in total. The van der Waals surface area contributed by atoms with E-state index < -0.39 is 0 Å². The van der Waals surface area contributed by atoms with Crippen molar-refractivity contribution in [3.8, 4) is 0 Å². The number of aryl methyl sites for hydroxylation is 2. The smallest absolute Gasteiger partial charge is 0.115 e. The first kappa shape index (κ1) is 94.5. The van der Waals surface area contributed by atoms with E-state index >= 15 is 0 Å². The molecule has 8 rings (SSSR count). The van der Waals surface area contributed by atoms with Crippen molar-refractivity contribution in [2.75, 3.05) is 0 Å². The van der Waals surface area contributed by atoms with E-state index in [9.17, 15) is 0 Å². The molecule has 9 heteroatoms. The molecule has 0 amide bonds. The molecular formula is C94H155N9. The van der Waals surface area contributed by atoms with E-state index in [0.29, 0.717) is 47.3 Å². The van der Waals surface area contributed by atoms with Gasteiger partial charge < -0.3 is 0 Å². The van der Waals surface area contributed by atoms with Gasteiger partial charge in [0.2, 0.25) is 0 Å². The number of aromatic nitrogens is 9. The Balaban J connectivity index is 0.000000589. The van der Waals surface area contributed by atoms with E-state index in [0.717, 1.165) is 0 Å². The number of hydrogen-bond acceptors (Lipinski definition) is 6. The highest BCUT2D eigenvalue weighted by Crippen LogP contribution is 2.36. The zero-order chi connectivity index (χ0) is 80.1. The van der Waals surface area contributed by atoms with Crippen LogP contribution in [0.2, 0.25) is 0 Å². The van der Waals surface area contributed by atoms with Crippen molar-refractivity contribution in [1.29, 1.82) is 0 Å². The van der Waals surface area contributed by atoms with E-state index in [1.165, 1.54) is 89.5 Å². The van der Waals surface area contributed by atoms with E-state index in [1.54, 1.807) is 6.33 Å². The van der Waals surface area contributed by atoms with Gasteiger partial charge in [-0.25, -0.2) is 9.97 Å². The Bertz CT molecular complexity index is 3330. The predicted molar refractivity (Wildman–Crippen MR) is 453 cm³/mol. The molecule has 0 spiro atoms. The lowest BCUT2D eigenvalue weighted by Gasteiger charge is -2.24. The van der Waals surface area contributed by atoms with Crippen LogP contribution in [0.5, 0.6) is 0 Å². The highest BCUT2D eigenvalue weighted by atomic mass is 15.3. The minimum atomic E-state index is 0.140. The molecule has 0 fully saturated rings. The number of aromatic amines is 1. The molecule has 5 aromatic heterocycles. The number of benzene rings is 3. The largest absolute Gasteiger partial charge is 0.282 e. The third kappa shape index (κ3) is 31.2. The summed E-state index contributed by atoms with van der Waals surface area (Å²) >= 11 is 0. The van der Waals surface area contributed by atoms with Crippen molar-refractivity contribution in [3.05, 3.63) is 212 Å². The van der Waals surface area contributed by atoms with Crippen LogP contribution < -0.4 is 0 Å². The standard InChI is InChI=1S/3C13H20.C12H19N.2C11H20N2.C11H18N2.C10H18N2/c3*1-10(2)11-8-6-7-9-12(11)13(3,4)5;1-9(2)10-6-7-13-8-11(10)12(3,4)5;1-8(2)10-9(11(3,4)5)7-13(6)12-10;1-8(2)10-9(11(3,4)5)7-12-13(10)6;1-8(2)10-9(11(3,4)5)6-12-7-13-10;1-7(2)9-8(6-11-12-9)10(3,4)5/h3*6-10H,1-5H3;6-9H,1-5H3;2*7-8H,1-6H3;6-8H,1-5H3;6-7H,1-5H3,(H,11,12). The maximum Gasteiger partial charge on any atom is 0.115 e. The molecule has 0 bridgehead atoms.